The Morgan fingerprint density at radius 3 is 1.19 bits per heavy atom. The lowest BCUT2D eigenvalue weighted by atomic mass is 10.4. The zero-order chi connectivity index (χ0) is 11.4. The maximum atomic E-state index is 8.11. The molecule has 16 heavy (non-hydrogen) atoms. The van der Waals surface area contributed by atoms with Crippen LogP contribution in [-0.2, 0) is 19.4 Å². The molecule has 0 amide bonds. The summed E-state index contributed by atoms with van der Waals surface area (Å²) in [6.45, 7) is 0. The Morgan fingerprint density at radius 1 is 0.562 bits per heavy atom. The van der Waals surface area contributed by atoms with E-state index in [0.717, 1.165) is 9.79 Å². The Kier molecular flexibility index (Phi) is 3.64. The highest BCUT2D eigenvalue weighted by atomic mass is 33.1. The van der Waals surface area contributed by atoms with Crippen molar-refractivity contribution in [3.05, 3.63) is 60.7 Å². The minimum atomic E-state index is -0.785. The molecular formula is C12H12N2S2. The second-order valence-electron chi connectivity index (χ2n) is 3.16. The van der Waals surface area contributed by atoms with Gasteiger partial charge in [-0.1, -0.05) is 36.4 Å². The van der Waals surface area contributed by atoms with Crippen molar-refractivity contribution in [3.8, 4) is 0 Å². The highest BCUT2D eigenvalue weighted by Crippen LogP contribution is 2.17. The molecule has 2 N–H and O–H groups in total. The summed E-state index contributed by atoms with van der Waals surface area (Å²) in [6, 6.07) is 19.3. The number of nitrogens with one attached hydrogen (secondary N) is 2. The molecule has 0 fully saturated rings. The van der Waals surface area contributed by atoms with Crippen LogP contribution in [0.1, 0.15) is 0 Å². The first-order valence-electron chi connectivity index (χ1n) is 4.80. The number of hydrogen-bond donors (Lipinski definition) is 2. The minimum absolute atomic E-state index is 0.785. The van der Waals surface area contributed by atoms with Crippen molar-refractivity contribution in [1.82, 2.24) is 0 Å². The second kappa shape index (κ2) is 5.18. The van der Waals surface area contributed by atoms with E-state index in [1.165, 1.54) is 0 Å². The molecule has 0 aliphatic rings. The Morgan fingerprint density at radius 2 is 0.875 bits per heavy atom. The van der Waals surface area contributed by atoms with Gasteiger partial charge in [-0.3, -0.25) is 9.56 Å². The van der Waals surface area contributed by atoms with Crippen molar-refractivity contribution in [2.75, 3.05) is 0 Å². The first-order valence-corrected chi connectivity index (χ1v) is 7.77. The van der Waals surface area contributed by atoms with Crippen LogP contribution < -0.4 is 0 Å². The molecule has 2 unspecified atom stereocenters. The smallest absolute Gasteiger partial charge is 0.0298 e. The van der Waals surface area contributed by atoms with Gasteiger partial charge in [0.05, 0.1) is 0 Å². The van der Waals surface area contributed by atoms with E-state index < -0.39 is 19.4 Å². The predicted molar refractivity (Wildman–Crippen MR) is 69.6 cm³/mol. The molecule has 2 rings (SSSR count). The van der Waals surface area contributed by atoms with Crippen LogP contribution in [0.3, 0.4) is 0 Å². The number of rotatable bonds is 3. The lowest BCUT2D eigenvalue weighted by Crippen LogP contribution is -1.97. The highest BCUT2D eigenvalue weighted by molar-refractivity contribution is 8.61. The van der Waals surface area contributed by atoms with Gasteiger partial charge in [0, 0.05) is 29.2 Å². The zero-order valence-corrected chi connectivity index (χ0v) is 10.2. The molecule has 2 aromatic rings. The third kappa shape index (κ3) is 2.46. The average molecular weight is 248 g/mol. The summed E-state index contributed by atoms with van der Waals surface area (Å²) >= 11 is 0. The van der Waals surface area contributed by atoms with Gasteiger partial charge in [0.2, 0.25) is 0 Å². The summed E-state index contributed by atoms with van der Waals surface area (Å²) in [4.78, 5) is 1.87. The summed E-state index contributed by atoms with van der Waals surface area (Å²) < 4.78 is 16.2. The Bertz CT molecular complexity index is 460. The molecule has 0 aliphatic carbocycles. The Balaban J connectivity index is 2.28. The van der Waals surface area contributed by atoms with Crippen molar-refractivity contribution in [2.45, 2.75) is 9.79 Å². The van der Waals surface area contributed by atoms with Gasteiger partial charge in [0.25, 0.3) is 0 Å². The van der Waals surface area contributed by atoms with Crippen molar-refractivity contribution in [3.63, 3.8) is 0 Å². The van der Waals surface area contributed by atoms with Gasteiger partial charge in [0.1, 0.15) is 0 Å². The fraction of sp³-hybridized carbons (Fsp3) is 0. The molecule has 2 aromatic carbocycles. The van der Waals surface area contributed by atoms with Crippen LogP contribution in [0.4, 0.5) is 0 Å². The van der Waals surface area contributed by atoms with Crippen molar-refractivity contribution >= 4 is 19.4 Å². The largest absolute Gasteiger partial charge is 0.264 e. The molecule has 0 radical (unpaired) electrons. The molecule has 0 saturated heterocycles. The van der Waals surface area contributed by atoms with E-state index in [-0.39, 0.29) is 0 Å². The normalized spacial score (nSPS) is 14.2. The van der Waals surface area contributed by atoms with E-state index in [2.05, 4.69) is 0 Å². The monoisotopic (exact) mass is 248 g/mol. The molecule has 4 heteroatoms. The van der Waals surface area contributed by atoms with Crippen molar-refractivity contribution < 1.29 is 0 Å². The van der Waals surface area contributed by atoms with Gasteiger partial charge in [-0.25, -0.2) is 0 Å². The average Bonchev–Trinajstić information content (AvgIpc) is 2.39. The van der Waals surface area contributed by atoms with Crippen LogP contribution in [0.2, 0.25) is 0 Å². The first kappa shape index (κ1) is 11.2. The maximum Gasteiger partial charge on any atom is 0.0298 e. The number of benzene rings is 2. The van der Waals surface area contributed by atoms with Crippen LogP contribution in [0, 0.1) is 9.56 Å². The van der Waals surface area contributed by atoms with Gasteiger partial charge in [-0.2, -0.15) is 0 Å². The summed E-state index contributed by atoms with van der Waals surface area (Å²) in [6.07, 6.45) is 0. The lowest BCUT2D eigenvalue weighted by Gasteiger charge is -2.08. The molecule has 2 nitrogen and oxygen atoms in total. The highest BCUT2D eigenvalue weighted by Gasteiger charge is 2.06. The predicted octanol–water partition coefficient (Wildman–Crippen LogP) is 3.78. The van der Waals surface area contributed by atoms with E-state index in [4.69, 9.17) is 9.56 Å². The molecule has 0 saturated carbocycles. The fourth-order valence-electron chi connectivity index (χ4n) is 1.28. The molecular weight excluding hydrogens is 236 g/mol. The minimum Gasteiger partial charge on any atom is -0.264 e. The second-order valence-corrected chi connectivity index (χ2v) is 7.18. The van der Waals surface area contributed by atoms with Crippen LogP contribution in [0.5, 0.6) is 0 Å². The lowest BCUT2D eigenvalue weighted by molar-refractivity contribution is 1.42. The molecule has 0 aromatic heterocycles. The molecule has 82 valence electrons. The van der Waals surface area contributed by atoms with Gasteiger partial charge in [-0.15, -0.1) is 0 Å². The van der Waals surface area contributed by atoms with Gasteiger partial charge < -0.3 is 0 Å². The Labute approximate surface area is 99.5 Å². The number of hydrogen-bond acceptors (Lipinski definition) is 2. The standard InChI is InChI=1S/C12H12N2S2/c13-15(11-7-3-1-4-8-11)16(14)12-9-5-2-6-10-12/h1-10,13-14H. The van der Waals surface area contributed by atoms with Gasteiger partial charge in [-0.05, 0) is 24.3 Å². The third-order valence-electron chi connectivity index (χ3n) is 2.08. The van der Waals surface area contributed by atoms with Gasteiger partial charge in [0.15, 0.2) is 0 Å². The summed E-state index contributed by atoms with van der Waals surface area (Å²) in [5.74, 6) is 0. The van der Waals surface area contributed by atoms with Gasteiger partial charge >= 0.3 is 0 Å². The zero-order valence-electron chi connectivity index (χ0n) is 8.59. The molecule has 2 atom stereocenters. The summed E-state index contributed by atoms with van der Waals surface area (Å²) in [5.41, 5.74) is 0. The van der Waals surface area contributed by atoms with E-state index in [1.807, 2.05) is 60.7 Å². The summed E-state index contributed by atoms with van der Waals surface area (Å²) in [7, 11) is -1.57. The molecule has 0 spiro atoms. The fourth-order valence-corrected chi connectivity index (χ4v) is 4.30. The molecule has 0 aliphatic heterocycles. The molecule has 0 bridgehead atoms. The van der Waals surface area contributed by atoms with Crippen molar-refractivity contribution in [2.24, 2.45) is 0 Å². The van der Waals surface area contributed by atoms with E-state index in [9.17, 15) is 0 Å². The first-order chi connectivity index (χ1) is 7.79. The van der Waals surface area contributed by atoms with E-state index >= 15 is 0 Å². The molecule has 0 heterocycles. The quantitative estimate of drug-likeness (QED) is 0.777. The van der Waals surface area contributed by atoms with Crippen molar-refractivity contribution in [1.29, 1.82) is 9.56 Å². The van der Waals surface area contributed by atoms with E-state index in [0.29, 0.717) is 0 Å². The maximum absolute atomic E-state index is 8.11. The van der Waals surface area contributed by atoms with Crippen LogP contribution in [0.15, 0.2) is 70.5 Å². The Hall–Kier alpha value is -1.26. The van der Waals surface area contributed by atoms with E-state index in [1.54, 1.807) is 0 Å². The van der Waals surface area contributed by atoms with Crippen LogP contribution in [0.25, 0.3) is 0 Å². The SMILES string of the molecule is N=S(c1ccccc1)S(=N)c1ccccc1. The summed E-state index contributed by atoms with van der Waals surface area (Å²) in [5, 5.41) is 0. The third-order valence-corrected chi connectivity index (χ3v) is 5.97. The van der Waals surface area contributed by atoms with Crippen LogP contribution >= 0.6 is 0 Å². The topological polar surface area (TPSA) is 47.7 Å². The van der Waals surface area contributed by atoms with Crippen LogP contribution in [-0.4, -0.2) is 0 Å².